The van der Waals surface area contributed by atoms with Crippen LogP contribution in [0, 0.1) is 5.92 Å². The molecule has 6 heteroatoms. The Bertz CT molecular complexity index is 229. The maximum atomic E-state index is 11.1. The van der Waals surface area contributed by atoms with Crippen molar-refractivity contribution in [1.29, 1.82) is 0 Å². The molecule has 0 N–H and O–H groups in total. The summed E-state index contributed by atoms with van der Waals surface area (Å²) in [6.45, 7) is 3.87. The van der Waals surface area contributed by atoms with E-state index in [1.54, 1.807) is 13.8 Å². The average Bonchev–Trinajstić information content (AvgIpc) is 2.19. The Morgan fingerprint density at radius 3 is 2.19 bits per heavy atom. The van der Waals surface area contributed by atoms with Crippen molar-refractivity contribution in [2.75, 3.05) is 13.2 Å². The quantitative estimate of drug-likeness (QED) is 0.272. The number of carbonyl (C=O) groups excluding carboxylic acids is 3. The van der Waals surface area contributed by atoms with E-state index in [9.17, 15) is 14.4 Å². The van der Waals surface area contributed by atoms with Crippen molar-refractivity contribution in [2.45, 2.75) is 26.7 Å². The van der Waals surface area contributed by atoms with Crippen molar-refractivity contribution < 1.29 is 23.9 Å². The molecule has 0 bridgehead atoms. The molecule has 16 heavy (non-hydrogen) atoms. The van der Waals surface area contributed by atoms with Crippen molar-refractivity contribution >= 4 is 47.8 Å². The second kappa shape index (κ2) is 11.1. The molecule has 0 aromatic heterocycles. The monoisotopic (exact) mass is 240 g/mol. The van der Waals surface area contributed by atoms with Gasteiger partial charge in [-0.15, -0.1) is 0 Å². The zero-order valence-corrected chi connectivity index (χ0v) is 9.02. The molecule has 0 fully saturated rings. The summed E-state index contributed by atoms with van der Waals surface area (Å²) in [7, 11) is 0. The molecule has 1 atom stereocenters. The molecule has 0 amide bonds. The standard InChI is InChI=1S/C10H16O5.Na.H/c1-3-14-9(12)6-5-8(7-11)10(13)15-4-2;;/h7-8H,3-6H2,1-2H3;;. The third-order valence-electron chi connectivity index (χ3n) is 1.72. The van der Waals surface area contributed by atoms with Crippen molar-refractivity contribution in [3.8, 4) is 0 Å². The van der Waals surface area contributed by atoms with Gasteiger partial charge in [0.1, 0.15) is 12.2 Å². The summed E-state index contributed by atoms with van der Waals surface area (Å²) < 4.78 is 9.33. The molecular weight excluding hydrogens is 223 g/mol. The van der Waals surface area contributed by atoms with Gasteiger partial charge in [0.15, 0.2) is 0 Å². The van der Waals surface area contributed by atoms with Gasteiger partial charge < -0.3 is 14.3 Å². The summed E-state index contributed by atoms with van der Waals surface area (Å²) in [5, 5.41) is 0. The molecule has 0 saturated carbocycles. The second-order valence-corrected chi connectivity index (χ2v) is 2.84. The van der Waals surface area contributed by atoms with Crippen LogP contribution in [0.4, 0.5) is 0 Å². The second-order valence-electron chi connectivity index (χ2n) is 2.84. The van der Waals surface area contributed by atoms with Crippen LogP contribution in [0.5, 0.6) is 0 Å². The number of carbonyl (C=O) groups is 3. The van der Waals surface area contributed by atoms with Crippen molar-refractivity contribution in [1.82, 2.24) is 0 Å². The minimum absolute atomic E-state index is 0. The van der Waals surface area contributed by atoms with Crippen LogP contribution in [0.1, 0.15) is 26.7 Å². The number of hydrogen-bond donors (Lipinski definition) is 0. The predicted molar refractivity (Wildman–Crippen MR) is 59.2 cm³/mol. The molecule has 0 aliphatic heterocycles. The predicted octanol–water partition coefficient (Wildman–Crippen LogP) is 0.0594. The Balaban J connectivity index is 0. The first kappa shape index (κ1) is 18.0. The minimum atomic E-state index is -0.866. The van der Waals surface area contributed by atoms with Crippen LogP contribution in [0.15, 0.2) is 0 Å². The van der Waals surface area contributed by atoms with Crippen molar-refractivity contribution in [3.05, 3.63) is 0 Å². The van der Waals surface area contributed by atoms with Gasteiger partial charge in [-0.3, -0.25) is 9.59 Å². The van der Waals surface area contributed by atoms with Gasteiger partial charge in [0.2, 0.25) is 0 Å². The fraction of sp³-hybridized carbons (Fsp3) is 0.700. The molecule has 0 heterocycles. The van der Waals surface area contributed by atoms with E-state index in [4.69, 9.17) is 0 Å². The fourth-order valence-electron chi connectivity index (χ4n) is 0.997. The molecule has 0 aliphatic rings. The number of ether oxygens (including phenoxy) is 2. The zero-order chi connectivity index (χ0) is 11.7. The van der Waals surface area contributed by atoms with Crippen LogP contribution in [-0.2, 0) is 23.9 Å². The molecule has 88 valence electrons. The van der Waals surface area contributed by atoms with Gasteiger partial charge in [-0.1, -0.05) is 0 Å². The summed E-state index contributed by atoms with van der Waals surface area (Å²) >= 11 is 0. The topological polar surface area (TPSA) is 69.7 Å². The van der Waals surface area contributed by atoms with Gasteiger partial charge in [0.05, 0.1) is 13.2 Å². The van der Waals surface area contributed by atoms with Gasteiger partial charge >= 0.3 is 41.5 Å². The molecule has 5 nitrogen and oxygen atoms in total. The normalized spacial score (nSPS) is 10.9. The summed E-state index contributed by atoms with van der Waals surface area (Å²) in [6, 6.07) is 0. The van der Waals surface area contributed by atoms with E-state index in [1.807, 2.05) is 0 Å². The van der Waals surface area contributed by atoms with E-state index in [0.29, 0.717) is 12.9 Å². The summed E-state index contributed by atoms with van der Waals surface area (Å²) in [4.78, 5) is 32.6. The molecule has 0 spiro atoms. The van der Waals surface area contributed by atoms with Gasteiger partial charge in [-0.2, -0.15) is 0 Å². The molecule has 0 aromatic rings. The number of aldehydes is 1. The van der Waals surface area contributed by atoms with Crippen molar-refractivity contribution in [2.24, 2.45) is 5.92 Å². The zero-order valence-electron chi connectivity index (χ0n) is 9.02. The SMILES string of the molecule is CCOC(=O)CCC(C=O)C(=O)OCC.[NaH]. The third kappa shape index (κ3) is 7.84. The molecule has 0 aliphatic carbocycles. The van der Waals surface area contributed by atoms with Crippen LogP contribution in [0.2, 0.25) is 0 Å². The molecular formula is C10H17NaO5. The first-order chi connectivity index (χ1) is 7.15. The van der Waals surface area contributed by atoms with E-state index < -0.39 is 17.9 Å². The number of rotatable bonds is 7. The Kier molecular flexibility index (Phi) is 12.5. The molecule has 0 saturated heterocycles. The van der Waals surface area contributed by atoms with Gasteiger partial charge in [-0.25, -0.2) is 0 Å². The number of hydrogen-bond acceptors (Lipinski definition) is 5. The van der Waals surface area contributed by atoms with E-state index in [1.165, 1.54) is 0 Å². The van der Waals surface area contributed by atoms with E-state index in [2.05, 4.69) is 9.47 Å². The van der Waals surface area contributed by atoms with Crippen LogP contribution in [0.3, 0.4) is 0 Å². The molecule has 0 radical (unpaired) electrons. The Morgan fingerprint density at radius 1 is 1.19 bits per heavy atom. The summed E-state index contributed by atoms with van der Waals surface area (Å²) in [6.07, 6.45) is 0.689. The third-order valence-corrected chi connectivity index (χ3v) is 1.72. The van der Waals surface area contributed by atoms with E-state index in [0.717, 1.165) is 0 Å². The van der Waals surface area contributed by atoms with Gasteiger partial charge in [-0.05, 0) is 20.3 Å². The molecule has 1 unspecified atom stereocenters. The van der Waals surface area contributed by atoms with Crippen LogP contribution < -0.4 is 0 Å². The van der Waals surface area contributed by atoms with Crippen LogP contribution >= 0.6 is 0 Å². The fourth-order valence-corrected chi connectivity index (χ4v) is 0.997. The summed E-state index contributed by atoms with van der Waals surface area (Å²) in [5.41, 5.74) is 0. The molecule has 0 rings (SSSR count). The molecule has 0 aromatic carbocycles. The first-order valence-electron chi connectivity index (χ1n) is 4.93. The number of esters is 2. The van der Waals surface area contributed by atoms with E-state index in [-0.39, 0.29) is 49.0 Å². The Hall–Kier alpha value is -0.390. The van der Waals surface area contributed by atoms with Crippen molar-refractivity contribution in [3.63, 3.8) is 0 Å². The summed E-state index contributed by atoms with van der Waals surface area (Å²) in [5.74, 6) is -1.86. The average molecular weight is 240 g/mol. The van der Waals surface area contributed by atoms with Crippen LogP contribution in [-0.4, -0.2) is 61.0 Å². The maximum absolute atomic E-state index is 11.1. The Morgan fingerprint density at radius 2 is 1.75 bits per heavy atom. The van der Waals surface area contributed by atoms with Crippen LogP contribution in [0.25, 0.3) is 0 Å². The Labute approximate surface area is 117 Å². The first-order valence-corrected chi connectivity index (χ1v) is 4.93. The van der Waals surface area contributed by atoms with E-state index >= 15 is 0 Å². The van der Waals surface area contributed by atoms with Gasteiger partial charge in [0, 0.05) is 6.42 Å². The van der Waals surface area contributed by atoms with Gasteiger partial charge in [0.25, 0.3) is 0 Å².